The Kier molecular flexibility index (Phi) is 2.46. The highest BCUT2D eigenvalue weighted by atomic mass is 32.2. The molecule has 3 nitrogen and oxygen atoms in total. The first kappa shape index (κ1) is 10.5. The molecule has 1 saturated carbocycles. The van der Waals surface area contributed by atoms with Crippen LogP contribution in [0.4, 0.5) is 5.69 Å². The monoisotopic (exact) mass is 225 g/mol. The number of benzene rings is 1. The number of sulfonamides is 1. The van der Waals surface area contributed by atoms with Gasteiger partial charge in [0.2, 0.25) is 10.0 Å². The van der Waals surface area contributed by atoms with E-state index < -0.39 is 10.0 Å². The van der Waals surface area contributed by atoms with Gasteiger partial charge in [0.1, 0.15) is 0 Å². The minimum atomic E-state index is -3.11. The van der Waals surface area contributed by atoms with Gasteiger partial charge in [-0.05, 0) is 31.4 Å². The first-order chi connectivity index (χ1) is 7.03. The van der Waals surface area contributed by atoms with E-state index in [0.717, 1.165) is 24.1 Å². The Hall–Kier alpha value is -1.03. The third-order valence-electron chi connectivity index (χ3n) is 2.78. The van der Waals surface area contributed by atoms with Gasteiger partial charge in [-0.1, -0.05) is 18.2 Å². The Morgan fingerprint density at radius 3 is 2.40 bits per heavy atom. The van der Waals surface area contributed by atoms with E-state index in [1.165, 1.54) is 4.31 Å². The zero-order chi connectivity index (χ0) is 11.1. The molecule has 15 heavy (non-hydrogen) atoms. The quantitative estimate of drug-likeness (QED) is 0.788. The van der Waals surface area contributed by atoms with Gasteiger partial charge in [0.05, 0.1) is 10.9 Å². The van der Waals surface area contributed by atoms with Crippen LogP contribution in [0.3, 0.4) is 0 Å². The van der Waals surface area contributed by atoms with Crippen molar-refractivity contribution in [2.75, 3.05) is 11.4 Å². The van der Waals surface area contributed by atoms with Crippen LogP contribution in [0.5, 0.6) is 0 Å². The van der Waals surface area contributed by atoms with Crippen LogP contribution in [-0.4, -0.2) is 20.7 Å². The SMILES string of the molecule is Cc1ccccc1N(C)S(=O)(=O)C1CC1. The van der Waals surface area contributed by atoms with Gasteiger partial charge in [-0.3, -0.25) is 4.31 Å². The Morgan fingerprint density at radius 2 is 1.87 bits per heavy atom. The molecule has 0 aliphatic heterocycles. The largest absolute Gasteiger partial charge is 0.273 e. The maximum Gasteiger partial charge on any atom is 0.237 e. The van der Waals surface area contributed by atoms with E-state index in [9.17, 15) is 8.42 Å². The van der Waals surface area contributed by atoms with Crippen LogP contribution in [-0.2, 0) is 10.0 Å². The molecule has 1 aliphatic carbocycles. The molecular weight excluding hydrogens is 210 g/mol. The third-order valence-corrected chi connectivity index (χ3v) is 5.06. The molecule has 1 aromatic rings. The average Bonchev–Trinajstić information content (AvgIpc) is 3.00. The predicted octanol–water partition coefficient (Wildman–Crippen LogP) is 1.92. The second-order valence-corrected chi connectivity index (χ2v) is 6.24. The van der Waals surface area contributed by atoms with Crippen LogP contribution < -0.4 is 4.31 Å². The molecule has 0 amide bonds. The molecule has 1 fully saturated rings. The van der Waals surface area contributed by atoms with Crippen molar-refractivity contribution in [3.63, 3.8) is 0 Å². The maximum absolute atomic E-state index is 12.0. The van der Waals surface area contributed by atoms with Gasteiger partial charge in [0.15, 0.2) is 0 Å². The van der Waals surface area contributed by atoms with E-state index in [2.05, 4.69) is 0 Å². The standard InChI is InChI=1S/C11H15NO2S/c1-9-5-3-4-6-11(9)12(2)15(13,14)10-7-8-10/h3-6,10H,7-8H2,1-2H3. The first-order valence-corrected chi connectivity index (χ1v) is 6.57. The Bertz CT molecular complexity index is 463. The van der Waals surface area contributed by atoms with Crippen molar-refractivity contribution in [3.8, 4) is 0 Å². The molecule has 4 heteroatoms. The lowest BCUT2D eigenvalue weighted by molar-refractivity contribution is 0.593. The first-order valence-electron chi connectivity index (χ1n) is 5.07. The number of nitrogens with zero attached hydrogens (tertiary/aromatic N) is 1. The number of hydrogen-bond acceptors (Lipinski definition) is 2. The summed E-state index contributed by atoms with van der Waals surface area (Å²) >= 11 is 0. The van der Waals surface area contributed by atoms with Crippen LogP contribution in [0.2, 0.25) is 0 Å². The van der Waals surface area contributed by atoms with Crippen molar-refractivity contribution in [2.45, 2.75) is 25.0 Å². The summed E-state index contributed by atoms with van der Waals surface area (Å²) in [6.45, 7) is 1.92. The van der Waals surface area contributed by atoms with Crippen molar-refractivity contribution in [1.29, 1.82) is 0 Å². The van der Waals surface area contributed by atoms with E-state index in [1.54, 1.807) is 7.05 Å². The van der Waals surface area contributed by atoms with Gasteiger partial charge in [-0.25, -0.2) is 8.42 Å². The lowest BCUT2D eigenvalue weighted by Crippen LogP contribution is -2.30. The summed E-state index contributed by atoms with van der Waals surface area (Å²) in [6, 6.07) is 7.54. The molecule has 1 aliphatic rings. The molecule has 0 heterocycles. The van der Waals surface area contributed by atoms with E-state index in [4.69, 9.17) is 0 Å². The van der Waals surface area contributed by atoms with Crippen LogP contribution in [0.15, 0.2) is 24.3 Å². The number of rotatable bonds is 3. The van der Waals surface area contributed by atoms with Gasteiger partial charge in [-0.15, -0.1) is 0 Å². The van der Waals surface area contributed by atoms with Crippen LogP contribution >= 0.6 is 0 Å². The fraction of sp³-hybridized carbons (Fsp3) is 0.455. The summed E-state index contributed by atoms with van der Waals surface area (Å²) in [5.74, 6) is 0. The minimum absolute atomic E-state index is 0.151. The Labute approximate surface area is 90.8 Å². The molecule has 0 N–H and O–H groups in total. The summed E-state index contributed by atoms with van der Waals surface area (Å²) in [7, 11) is -1.47. The van der Waals surface area contributed by atoms with Crippen molar-refractivity contribution in [2.24, 2.45) is 0 Å². The van der Waals surface area contributed by atoms with Crippen molar-refractivity contribution < 1.29 is 8.42 Å². The fourth-order valence-electron chi connectivity index (χ4n) is 1.64. The van der Waals surface area contributed by atoms with E-state index in [0.29, 0.717) is 0 Å². The zero-order valence-corrected chi connectivity index (χ0v) is 9.79. The smallest absolute Gasteiger partial charge is 0.237 e. The molecule has 82 valence electrons. The molecule has 0 spiro atoms. The molecule has 0 atom stereocenters. The van der Waals surface area contributed by atoms with E-state index >= 15 is 0 Å². The normalized spacial score (nSPS) is 16.4. The zero-order valence-electron chi connectivity index (χ0n) is 8.97. The lowest BCUT2D eigenvalue weighted by Gasteiger charge is -2.20. The van der Waals surface area contributed by atoms with E-state index in [1.807, 2.05) is 31.2 Å². The van der Waals surface area contributed by atoms with Crippen molar-refractivity contribution in [3.05, 3.63) is 29.8 Å². The number of para-hydroxylation sites is 1. The number of hydrogen-bond donors (Lipinski definition) is 0. The van der Waals surface area contributed by atoms with Gasteiger partial charge in [-0.2, -0.15) is 0 Å². The molecule has 0 bridgehead atoms. The van der Waals surface area contributed by atoms with Gasteiger partial charge >= 0.3 is 0 Å². The fourth-order valence-corrected chi connectivity index (χ4v) is 3.30. The number of aryl methyl sites for hydroxylation is 1. The molecular formula is C11H15NO2S. The minimum Gasteiger partial charge on any atom is -0.273 e. The van der Waals surface area contributed by atoms with Crippen LogP contribution in [0.1, 0.15) is 18.4 Å². The average molecular weight is 225 g/mol. The molecule has 0 saturated heterocycles. The summed E-state index contributed by atoms with van der Waals surface area (Å²) < 4.78 is 25.4. The third kappa shape index (κ3) is 1.86. The van der Waals surface area contributed by atoms with E-state index in [-0.39, 0.29) is 5.25 Å². The molecule has 0 aromatic heterocycles. The summed E-state index contributed by atoms with van der Waals surface area (Å²) in [6.07, 6.45) is 1.61. The predicted molar refractivity (Wildman–Crippen MR) is 61.5 cm³/mol. The second-order valence-electron chi connectivity index (χ2n) is 4.00. The summed E-state index contributed by atoms with van der Waals surface area (Å²) in [5, 5.41) is -0.151. The Morgan fingerprint density at radius 1 is 1.27 bits per heavy atom. The molecule has 0 radical (unpaired) electrons. The lowest BCUT2D eigenvalue weighted by atomic mass is 10.2. The number of anilines is 1. The molecule has 2 rings (SSSR count). The highest BCUT2D eigenvalue weighted by Crippen LogP contribution is 2.33. The van der Waals surface area contributed by atoms with Gasteiger partial charge in [0, 0.05) is 7.05 Å². The molecule has 1 aromatic carbocycles. The van der Waals surface area contributed by atoms with Crippen LogP contribution in [0.25, 0.3) is 0 Å². The summed E-state index contributed by atoms with van der Waals surface area (Å²) in [4.78, 5) is 0. The van der Waals surface area contributed by atoms with Crippen molar-refractivity contribution in [1.82, 2.24) is 0 Å². The van der Waals surface area contributed by atoms with Gasteiger partial charge in [0.25, 0.3) is 0 Å². The second kappa shape index (κ2) is 3.52. The van der Waals surface area contributed by atoms with Crippen molar-refractivity contribution >= 4 is 15.7 Å². The maximum atomic E-state index is 12.0. The summed E-state index contributed by atoms with van der Waals surface area (Å²) in [5.41, 5.74) is 1.77. The molecule has 0 unspecified atom stereocenters. The Balaban J connectivity index is 2.36. The van der Waals surface area contributed by atoms with Crippen LogP contribution in [0, 0.1) is 6.92 Å². The highest BCUT2D eigenvalue weighted by Gasteiger charge is 2.39. The highest BCUT2D eigenvalue weighted by molar-refractivity contribution is 7.93. The topological polar surface area (TPSA) is 37.4 Å². The van der Waals surface area contributed by atoms with Gasteiger partial charge < -0.3 is 0 Å².